The number of aromatic nitrogens is 2. The lowest BCUT2D eigenvalue weighted by atomic mass is 10.4. The lowest BCUT2D eigenvalue weighted by molar-refractivity contribution is -0.168. The topological polar surface area (TPSA) is 47.0 Å². The van der Waals surface area contributed by atoms with Crippen molar-refractivity contribution in [3.05, 3.63) is 16.5 Å². The number of hydrogen-bond acceptors (Lipinski definition) is 4. The van der Waals surface area contributed by atoms with Gasteiger partial charge in [0, 0.05) is 13.2 Å². The highest BCUT2D eigenvalue weighted by atomic mass is 79.9. The van der Waals surface area contributed by atoms with Gasteiger partial charge in [-0.1, -0.05) is 0 Å². The first-order chi connectivity index (χ1) is 8.36. The molecule has 0 radical (unpaired) electrons. The van der Waals surface area contributed by atoms with Gasteiger partial charge >= 0.3 is 12.3 Å². The van der Waals surface area contributed by atoms with Gasteiger partial charge in [-0.2, -0.15) is 8.78 Å². The van der Waals surface area contributed by atoms with E-state index in [0.29, 0.717) is 10.3 Å². The van der Waals surface area contributed by atoms with Crippen LogP contribution in [0, 0.1) is 0 Å². The van der Waals surface area contributed by atoms with E-state index in [1.807, 2.05) is 0 Å². The fourth-order valence-corrected chi connectivity index (χ4v) is 1.38. The van der Waals surface area contributed by atoms with Gasteiger partial charge in [-0.05, 0) is 15.9 Å². The van der Waals surface area contributed by atoms with E-state index in [2.05, 4.69) is 36.0 Å². The molecule has 18 heavy (non-hydrogen) atoms. The van der Waals surface area contributed by atoms with Crippen LogP contribution >= 0.6 is 15.9 Å². The zero-order valence-corrected chi connectivity index (χ0v) is 10.8. The summed E-state index contributed by atoms with van der Waals surface area (Å²) in [6, 6.07) is 0. The molecular formula is C9H10BrF4N3O. The van der Waals surface area contributed by atoms with Crippen LogP contribution < -0.4 is 5.32 Å². The predicted octanol–water partition coefficient (Wildman–Crippen LogP) is 2.70. The molecule has 0 saturated carbocycles. The van der Waals surface area contributed by atoms with Crippen LogP contribution in [0.3, 0.4) is 0 Å². The van der Waals surface area contributed by atoms with Crippen LogP contribution in [0.25, 0.3) is 0 Å². The molecule has 0 atom stereocenters. The summed E-state index contributed by atoms with van der Waals surface area (Å²) in [6.07, 6.45) is -2.35. The maximum Gasteiger partial charge on any atom is 0.330 e. The molecule has 0 fully saturated rings. The number of nitrogens with one attached hydrogen (secondary N) is 1. The number of rotatable bonds is 6. The highest BCUT2D eigenvalue weighted by Crippen LogP contribution is 2.23. The largest absolute Gasteiger partial charge is 0.372 e. The van der Waals surface area contributed by atoms with E-state index >= 15 is 0 Å². The maximum absolute atomic E-state index is 12.5. The number of ether oxygens (including phenoxy) is 1. The van der Waals surface area contributed by atoms with Crippen LogP contribution in [0.5, 0.6) is 0 Å². The first-order valence-electron chi connectivity index (χ1n) is 4.79. The number of alkyl halides is 4. The lowest BCUT2D eigenvalue weighted by Crippen LogP contribution is -2.32. The van der Waals surface area contributed by atoms with Gasteiger partial charge in [0.25, 0.3) is 0 Å². The summed E-state index contributed by atoms with van der Waals surface area (Å²) in [6.45, 7) is -1.75. The second kappa shape index (κ2) is 6.28. The summed E-state index contributed by atoms with van der Waals surface area (Å²) >= 11 is 3.16. The van der Waals surface area contributed by atoms with Gasteiger partial charge in [0.15, 0.2) is 5.82 Å². The Morgan fingerprint density at radius 2 is 2.17 bits per heavy atom. The standard InChI is InChI=1S/C9H10BrF4N3O/c1-15-7-5(10)2-16-6(17-7)3-18-4-9(13,14)8(11)12/h2,8H,3-4H2,1H3,(H,15,16,17). The van der Waals surface area contributed by atoms with Gasteiger partial charge in [0.2, 0.25) is 0 Å². The van der Waals surface area contributed by atoms with Crippen molar-refractivity contribution in [1.82, 2.24) is 9.97 Å². The molecular weight excluding hydrogens is 322 g/mol. The minimum Gasteiger partial charge on any atom is -0.372 e. The highest BCUT2D eigenvalue weighted by molar-refractivity contribution is 9.10. The van der Waals surface area contributed by atoms with Crippen molar-refractivity contribution in [1.29, 1.82) is 0 Å². The van der Waals surface area contributed by atoms with E-state index in [-0.39, 0.29) is 12.4 Å². The molecule has 1 rings (SSSR count). The summed E-state index contributed by atoms with van der Waals surface area (Å²) in [5.74, 6) is -3.60. The lowest BCUT2D eigenvalue weighted by Gasteiger charge is -2.14. The first kappa shape index (κ1) is 15.1. The van der Waals surface area contributed by atoms with Crippen molar-refractivity contribution >= 4 is 21.7 Å². The SMILES string of the molecule is CNc1nc(COCC(F)(F)C(F)F)ncc1Br. The zero-order valence-electron chi connectivity index (χ0n) is 9.26. The van der Waals surface area contributed by atoms with Gasteiger partial charge < -0.3 is 10.1 Å². The second-order valence-electron chi connectivity index (χ2n) is 3.29. The molecule has 0 aromatic carbocycles. The predicted molar refractivity (Wildman–Crippen MR) is 59.9 cm³/mol. The molecule has 9 heteroatoms. The summed E-state index contributed by atoms with van der Waals surface area (Å²) in [5, 5.41) is 2.74. The molecule has 1 aromatic heterocycles. The molecule has 4 nitrogen and oxygen atoms in total. The fraction of sp³-hybridized carbons (Fsp3) is 0.556. The Labute approximate surface area is 109 Å². The van der Waals surface area contributed by atoms with Crippen molar-refractivity contribution < 1.29 is 22.3 Å². The van der Waals surface area contributed by atoms with Crippen molar-refractivity contribution in [2.45, 2.75) is 19.0 Å². The van der Waals surface area contributed by atoms with Crippen LogP contribution in [0.1, 0.15) is 5.82 Å². The Balaban J connectivity index is 2.54. The van der Waals surface area contributed by atoms with E-state index in [0.717, 1.165) is 0 Å². The van der Waals surface area contributed by atoms with Crippen molar-refractivity contribution in [2.24, 2.45) is 0 Å². The minimum absolute atomic E-state index is 0.118. The average molecular weight is 332 g/mol. The Morgan fingerprint density at radius 1 is 1.50 bits per heavy atom. The van der Waals surface area contributed by atoms with Crippen LogP contribution in [0.15, 0.2) is 10.7 Å². The Hall–Kier alpha value is -0.960. The monoisotopic (exact) mass is 331 g/mol. The van der Waals surface area contributed by atoms with Crippen LogP contribution in [0.4, 0.5) is 23.4 Å². The second-order valence-corrected chi connectivity index (χ2v) is 4.14. The zero-order chi connectivity index (χ0) is 13.8. The van der Waals surface area contributed by atoms with Gasteiger partial charge in [0.1, 0.15) is 19.0 Å². The molecule has 0 aliphatic carbocycles. The Kier molecular flexibility index (Phi) is 5.27. The van der Waals surface area contributed by atoms with Gasteiger partial charge in [-0.15, -0.1) is 0 Å². The average Bonchev–Trinajstić information content (AvgIpc) is 2.31. The Morgan fingerprint density at radius 3 is 2.72 bits per heavy atom. The number of hydrogen-bond donors (Lipinski definition) is 1. The fourth-order valence-electron chi connectivity index (χ4n) is 0.990. The quantitative estimate of drug-likeness (QED) is 0.814. The molecule has 0 aliphatic rings. The molecule has 0 aliphatic heterocycles. The van der Waals surface area contributed by atoms with Gasteiger partial charge in [0.05, 0.1) is 4.47 Å². The van der Waals surface area contributed by atoms with Crippen LogP contribution in [-0.2, 0) is 11.3 Å². The molecule has 1 N–H and O–H groups in total. The molecule has 0 saturated heterocycles. The molecule has 0 unspecified atom stereocenters. The summed E-state index contributed by atoms with van der Waals surface area (Å²) < 4.78 is 53.8. The van der Waals surface area contributed by atoms with E-state index in [1.54, 1.807) is 7.05 Å². The summed E-state index contributed by atoms with van der Waals surface area (Å²) in [7, 11) is 1.61. The van der Waals surface area contributed by atoms with Crippen molar-refractivity contribution in [2.75, 3.05) is 19.0 Å². The van der Waals surface area contributed by atoms with E-state index in [4.69, 9.17) is 0 Å². The van der Waals surface area contributed by atoms with Crippen molar-refractivity contribution in [3.63, 3.8) is 0 Å². The van der Waals surface area contributed by atoms with Crippen molar-refractivity contribution in [3.8, 4) is 0 Å². The van der Waals surface area contributed by atoms with Gasteiger partial charge in [-0.25, -0.2) is 18.7 Å². The Bertz CT molecular complexity index is 405. The third kappa shape index (κ3) is 4.05. The third-order valence-corrected chi connectivity index (χ3v) is 2.46. The number of nitrogens with zero attached hydrogens (tertiary/aromatic N) is 2. The van der Waals surface area contributed by atoms with E-state index < -0.39 is 19.0 Å². The van der Waals surface area contributed by atoms with E-state index in [1.165, 1.54) is 6.20 Å². The molecule has 102 valence electrons. The molecule has 0 spiro atoms. The van der Waals surface area contributed by atoms with Gasteiger partial charge in [-0.3, -0.25) is 0 Å². The molecule has 0 amide bonds. The first-order valence-corrected chi connectivity index (χ1v) is 5.59. The van der Waals surface area contributed by atoms with Crippen LogP contribution in [0.2, 0.25) is 0 Å². The number of anilines is 1. The summed E-state index contributed by atoms with van der Waals surface area (Å²) in [5.41, 5.74) is 0. The summed E-state index contributed by atoms with van der Waals surface area (Å²) in [4.78, 5) is 7.72. The molecule has 1 aromatic rings. The normalized spacial score (nSPS) is 11.9. The highest BCUT2D eigenvalue weighted by Gasteiger charge is 2.40. The smallest absolute Gasteiger partial charge is 0.330 e. The third-order valence-electron chi connectivity index (χ3n) is 1.88. The van der Waals surface area contributed by atoms with Crippen LogP contribution in [-0.4, -0.2) is 36.0 Å². The maximum atomic E-state index is 12.5. The molecule has 0 bridgehead atoms. The minimum atomic E-state index is -4.17. The van der Waals surface area contributed by atoms with E-state index in [9.17, 15) is 17.6 Å². The number of halogens is 5. The molecule has 1 heterocycles.